The predicted octanol–water partition coefficient (Wildman–Crippen LogP) is 3.76. The molecule has 19 heavy (non-hydrogen) atoms. The number of carbonyl (C=O) groups is 1. The van der Waals surface area contributed by atoms with Crippen molar-refractivity contribution < 1.29 is 4.79 Å². The number of carbonyl (C=O) groups excluding carboxylic acids is 1. The van der Waals surface area contributed by atoms with Crippen molar-refractivity contribution in [1.82, 2.24) is 4.98 Å². The van der Waals surface area contributed by atoms with Crippen LogP contribution in [-0.2, 0) is 0 Å². The maximum atomic E-state index is 12.5. The van der Waals surface area contributed by atoms with Gasteiger partial charge in [0.2, 0.25) is 0 Å². The Morgan fingerprint density at radius 1 is 1.37 bits per heavy atom. The monoisotopic (exact) mass is 260 g/mol. The molecule has 1 saturated carbocycles. The van der Waals surface area contributed by atoms with Gasteiger partial charge in [0.15, 0.2) is 5.78 Å². The fourth-order valence-electron chi connectivity index (χ4n) is 3.12. The molecule has 0 amide bonds. The third-order valence-electron chi connectivity index (χ3n) is 4.24. The molecule has 1 aliphatic rings. The highest BCUT2D eigenvalue weighted by atomic mass is 16.1. The average molecular weight is 260 g/mol. The molecule has 0 bridgehead atoms. The Balaban J connectivity index is 2.03. The summed E-state index contributed by atoms with van der Waals surface area (Å²) in [6.07, 6.45) is 8.65. The molecule has 104 valence electrons. The van der Waals surface area contributed by atoms with E-state index in [9.17, 15) is 4.79 Å². The van der Waals surface area contributed by atoms with Crippen LogP contribution >= 0.6 is 0 Å². The van der Waals surface area contributed by atoms with Crippen molar-refractivity contribution in [3.63, 3.8) is 0 Å². The summed E-state index contributed by atoms with van der Waals surface area (Å²) in [4.78, 5) is 16.6. The maximum absolute atomic E-state index is 12.5. The Morgan fingerprint density at radius 3 is 2.68 bits per heavy atom. The summed E-state index contributed by atoms with van der Waals surface area (Å²) in [5.74, 6) is 1.55. The third kappa shape index (κ3) is 3.34. The molecule has 0 atom stereocenters. The molecule has 1 aromatic rings. The van der Waals surface area contributed by atoms with Gasteiger partial charge in [0.25, 0.3) is 0 Å². The van der Waals surface area contributed by atoms with Crippen LogP contribution in [0.3, 0.4) is 0 Å². The fraction of sp³-hybridized carbons (Fsp3) is 0.625. The average Bonchev–Trinajstić information content (AvgIpc) is 2.42. The summed E-state index contributed by atoms with van der Waals surface area (Å²) in [5, 5.41) is 0. The number of nitrogen functional groups attached to an aromatic ring is 1. The number of aryl methyl sites for hydroxylation is 1. The van der Waals surface area contributed by atoms with Gasteiger partial charge >= 0.3 is 0 Å². The van der Waals surface area contributed by atoms with Gasteiger partial charge in [-0.15, -0.1) is 0 Å². The summed E-state index contributed by atoms with van der Waals surface area (Å²) < 4.78 is 0. The van der Waals surface area contributed by atoms with Crippen molar-refractivity contribution in [2.24, 2.45) is 11.8 Å². The van der Waals surface area contributed by atoms with Crippen LogP contribution in [0.1, 0.15) is 61.4 Å². The van der Waals surface area contributed by atoms with E-state index >= 15 is 0 Å². The molecule has 0 saturated heterocycles. The van der Waals surface area contributed by atoms with Crippen LogP contribution in [0.4, 0.5) is 5.82 Å². The van der Waals surface area contributed by atoms with Crippen molar-refractivity contribution in [3.8, 4) is 0 Å². The molecule has 0 aromatic carbocycles. The standard InChI is InChI=1S/C16H24N2O/c1-3-4-12-5-7-13(8-6-12)15(19)14-9-11(2)10-18-16(14)17/h9-10,12-13H,3-8H2,1-2H3,(H2,17,18). The second-order valence-electron chi connectivity index (χ2n) is 5.82. The number of nitrogens with zero attached hydrogens (tertiary/aromatic N) is 1. The van der Waals surface area contributed by atoms with Crippen LogP contribution in [0.2, 0.25) is 0 Å². The molecule has 2 rings (SSSR count). The zero-order valence-electron chi connectivity index (χ0n) is 12.0. The number of ketones is 1. The first kappa shape index (κ1) is 14.0. The van der Waals surface area contributed by atoms with E-state index in [2.05, 4.69) is 11.9 Å². The molecule has 0 radical (unpaired) electrons. The van der Waals surface area contributed by atoms with E-state index in [0.29, 0.717) is 11.4 Å². The zero-order chi connectivity index (χ0) is 13.8. The highest BCUT2D eigenvalue weighted by Crippen LogP contribution is 2.34. The van der Waals surface area contributed by atoms with Crippen LogP contribution in [0, 0.1) is 18.8 Å². The normalized spacial score (nSPS) is 23.3. The Bertz CT molecular complexity index is 448. The summed E-state index contributed by atoms with van der Waals surface area (Å²) in [6.45, 7) is 4.18. The smallest absolute Gasteiger partial charge is 0.169 e. The van der Waals surface area contributed by atoms with E-state index in [1.807, 2.05) is 13.0 Å². The molecule has 2 N–H and O–H groups in total. The lowest BCUT2D eigenvalue weighted by atomic mass is 9.77. The lowest BCUT2D eigenvalue weighted by Crippen LogP contribution is -2.23. The van der Waals surface area contributed by atoms with Gasteiger partial charge < -0.3 is 5.73 Å². The maximum Gasteiger partial charge on any atom is 0.169 e. The van der Waals surface area contributed by atoms with Crippen molar-refractivity contribution in [1.29, 1.82) is 0 Å². The van der Waals surface area contributed by atoms with Gasteiger partial charge in [-0.25, -0.2) is 4.98 Å². The van der Waals surface area contributed by atoms with Crippen LogP contribution in [0.25, 0.3) is 0 Å². The summed E-state index contributed by atoms with van der Waals surface area (Å²) in [5.41, 5.74) is 7.46. The minimum atomic E-state index is 0.152. The SMILES string of the molecule is CCCC1CCC(C(=O)c2cc(C)cnc2N)CC1. The van der Waals surface area contributed by atoms with Crippen molar-refractivity contribution in [2.75, 3.05) is 5.73 Å². The van der Waals surface area contributed by atoms with Gasteiger partial charge in [-0.2, -0.15) is 0 Å². The van der Waals surface area contributed by atoms with Crippen LogP contribution in [0.15, 0.2) is 12.3 Å². The topological polar surface area (TPSA) is 56.0 Å². The lowest BCUT2D eigenvalue weighted by molar-refractivity contribution is 0.0870. The number of hydrogen-bond donors (Lipinski definition) is 1. The van der Waals surface area contributed by atoms with Crippen LogP contribution in [0.5, 0.6) is 0 Å². The number of pyridine rings is 1. The summed E-state index contributed by atoms with van der Waals surface area (Å²) in [7, 11) is 0. The largest absolute Gasteiger partial charge is 0.383 e. The fourth-order valence-corrected chi connectivity index (χ4v) is 3.12. The highest BCUT2D eigenvalue weighted by Gasteiger charge is 2.27. The zero-order valence-corrected chi connectivity index (χ0v) is 12.0. The molecular weight excluding hydrogens is 236 g/mol. The Labute approximate surface area is 115 Å². The lowest BCUT2D eigenvalue weighted by Gasteiger charge is -2.27. The van der Waals surface area contributed by atoms with Crippen molar-refractivity contribution >= 4 is 11.6 Å². The molecule has 0 aliphatic heterocycles. The second-order valence-corrected chi connectivity index (χ2v) is 5.82. The number of rotatable bonds is 4. The van der Waals surface area contributed by atoms with Crippen LogP contribution < -0.4 is 5.73 Å². The number of Topliss-reactive ketones (excluding diaryl/α,β-unsaturated/α-hetero) is 1. The molecule has 3 heteroatoms. The molecule has 1 fully saturated rings. The predicted molar refractivity (Wildman–Crippen MR) is 78.1 cm³/mol. The molecular formula is C16H24N2O. The van der Waals surface area contributed by atoms with Gasteiger partial charge in [-0.1, -0.05) is 19.8 Å². The van der Waals surface area contributed by atoms with E-state index in [1.54, 1.807) is 6.20 Å². The molecule has 1 heterocycles. The Hall–Kier alpha value is -1.38. The molecule has 1 aliphatic carbocycles. The second kappa shape index (κ2) is 6.18. The molecule has 0 spiro atoms. The Kier molecular flexibility index (Phi) is 4.56. The van der Waals surface area contributed by atoms with E-state index in [1.165, 1.54) is 25.7 Å². The first-order valence-electron chi connectivity index (χ1n) is 7.38. The van der Waals surface area contributed by atoms with Crippen molar-refractivity contribution in [2.45, 2.75) is 52.4 Å². The number of hydrogen-bond acceptors (Lipinski definition) is 3. The van der Waals surface area contributed by atoms with Gasteiger partial charge in [0, 0.05) is 12.1 Å². The quantitative estimate of drug-likeness (QED) is 0.838. The van der Waals surface area contributed by atoms with Gasteiger partial charge in [-0.3, -0.25) is 4.79 Å². The number of nitrogens with two attached hydrogens (primary N) is 1. The van der Waals surface area contributed by atoms with E-state index in [0.717, 1.165) is 24.3 Å². The minimum Gasteiger partial charge on any atom is -0.383 e. The van der Waals surface area contributed by atoms with Gasteiger partial charge in [-0.05, 0) is 50.2 Å². The molecule has 0 unspecified atom stereocenters. The van der Waals surface area contributed by atoms with Gasteiger partial charge in [0.05, 0.1) is 5.56 Å². The number of anilines is 1. The number of aromatic nitrogens is 1. The molecule has 1 aromatic heterocycles. The van der Waals surface area contributed by atoms with Crippen molar-refractivity contribution in [3.05, 3.63) is 23.4 Å². The van der Waals surface area contributed by atoms with E-state index < -0.39 is 0 Å². The molecule has 3 nitrogen and oxygen atoms in total. The van der Waals surface area contributed by atoms with E-state index in [4.69, 9.17) is 5.73 Å². The first-order chi connectivity index (χ1) is 9.11. The summed E-state index contributed by atoms with van der Waals surface area (Å²) in [6, 6.07) is 1.88. The highest BCUT2D eigenvalue weighted by molar-refractivity contribution is 6.01. The third-order valence-corrected chi connectivity index (χ3v) is 4.24. The van der Waals surface area contributed by atoms with Crippen LogP contribution in [-0.4, -0.2) is 10.8 Å². The van der Waals surface area contributed by atoms with Gasteiger partial charge in [0.1, 0.15) is 5.82 Å². The first-order valence-corrected chi connectivity index (χ1v) is 7.38. The minimum absolute atomic E-state index is 0.152. The Morgan fingerprint density at radius 2 is 2.05 bits per heavy atom. The summed E-state index contributed by atoms with van der Waals surface area (Å²) >= 11 is 0. The van der Waals surface area contributed by atoms with E-state index in [-0.39, 0.29) is 11.7 Å².